The predicted molar refractivity (Wildman–Crippen MR) is 131 cm³/mol. The number of hydrogen-bond donors (Lipinski definition) is 2. The maximum Gasteiger partial charge on any atom is 0.432 e. The molecule has 0 bridgehead atoms. The van der Waals surface area contributed by atoms with Gasteiger partial charge in [-0.3, -0.25) is 23.8 Å². The van der Waals surface area contributed by atoms with Gasteiger partial charge < -0.3 is 4.89 Å². The van der Waals surface area contributed by atoms with Gasteiger partial charge in [-0.15, -0.1) is 0 Å². The Morgan fingerprint density at radius 2 is 1.85 bits per heavy atom. The number of nitrogens with one attached hydrogen (secondary N) is 1. The molecule has 1 amide bonds. The quantitative estimate of drug-likeness (QED) is 0.384. The third-order valence-electron chi connectivity index (χ3n) is 5.40. The molecule has 174 valence electrons. The number of nitrogens with zero attached hydrogens (tertiary/aromatic N) is 2. The Hall–Kier alpha value is -3.29. The van der Waals surface area contributed by atoms with Gasteiger partial charge in [0.15, 0.2) is 0 Å². The van der Waals surface area contributed by atoms with Crippen LogP contribution in [0.3, 0.4) is 0 Å². The Morgan fingerprint density at radius 1 is 1.15 bits per heavy atom. The van der Waals surface area contributed by atoms with Gasteiger partial charge in [-0.25, -0.2) is 9.55 Å². The molecule has 10 heteroatoms. The average Bonchev–Trinajstić information content (AvgIpc) is 2.82. The molecule has 0 aliphatic carbocycles. The highest BCUT2D eigenvalue weighted by molar-refractivity contribution is 7.51. The second kappa shape index (κ2) is 9.52. The topological polar surface area (TPSA) is 111 Å². The van der Waals surface area contributed by atoms with Gasteiger partial charge in [0, 0.05) is 30.3 Å². The molecule has 0 radical (unpaired) electrons. The van der Waals surface area contributed by atoms with Crippen molar-refractivity contribution >= 4 is 36.2 Å². The Labute approximate surface area is 200 Å². The van der Waals surface area contributed by atoms with Crippen LogP contribution in [0.4, 0.5) is 0 Å². The molecule has 34 heavy (non-hydrogen) atoms. The Morgan fingerprint density at radius 3 is 2.56 bits per heavy atom. The van der Waals surface area contributed by atoms with E-state index in [1.54, 1.807) is 49.5 Å². The standard InChI is InChI=1S/C24H21ClN3O5P/c1-28-22(26-21-14-18(25)11-12-20(21)24(28)30)16-9-7-15(8-10-16)13-17-5-3-4-6-19(17)23(29)27-34(31,32)33-2/h3-12,14H,13H2,1-2H3,(H2,27,29,31,32). The van der Waals surface area contributed by atoms with Crippen molar-refractivity contribution in [2.45, 2.75) is 6.42 Å². The summed E-state index contributed by atoms with van der Waals surface area (Å²) in [5, 5.41) is 3.00. The lowest BCUT2D eigenvalue weighted by Crippen LogP contribution is -2.22. The van der Waals surface area contributed by atoms with Gasteiger partial charge >= 0.3 is 7.75 Å². The maximum atomic E-state index is 12.8. The van der Waals surface area contributed by atoms with Crippen LogP contribution < -0.4 is 10.6 Å². The molecular formula is C24H21ClN3O5P. The van der Waals surface area contributed by atoms with Gasteiger partial charge in [0.05, 0.1) is 10.9 Å². The lowest BCUT2D eigenvalue weighted by atomic mass is 9.98. The second-order valence-corrected chi connectivity index (χ2v) is 9.70. The summed E-state index contributed by atoms with van der Waals surface area (Å²) in [5.74, 6) is -0.196. The number of halogens is 1. The fourth-order valence-corrected chi connectivity index (χ4v) is 4.26. The number of carbonyl (C=O) groups is 1. The number of rotatable bonds is 6. The monoisotopic (exact) mass is 497 g/mol. The van der Waals surface area contributed by atoms with Crippen LogP contribution in [0.1, 0.15) is 21.5 Å². The molecule has 0 aliphatic heterocycles. The first-order chi connectivity index (χ1) is 16.2. The molecule has 4 rings (SSSR count). The van der Waals surface area contributed by atoms with E-state index in [1.165, 1.54) is 4.57 Å². The molecule has 0 fully saturated rings. The van der Waals surface area contributed by atoms with Gasteiger partial charge in [-0.05, 0) is 41.8 Å². The summed E-state index contributed by atoms with van der Waals surface area (Å²) in [7, 11) is -1.50. The Bertz CT molecular complexity index is 1500. The van der Waals surface area contributed by atoms with E-state index in [4.69, 9.17) is 11.6 Å². The second-order valence-electron chi connectivity index (χ2n) is 7.64. The van der Waals surface area contributed by atoms with Crippen molar-refractivity contribution in [3.8, 4) is 11.4 Å². The first-order valence-corrected chi connectivity index (χ1v) is 12.2. The van der Waals surface area contributed by atoms with Crippen LogP contribution in [-0.2, 0) is 22.6 Å². The van der Waals surface area contributed by atoms with Crippen LogP contribution in [-0.4, -0.2) is 27.5 Å². The predicted octanol–water partition coefficient (Wildman–Crippen LogP) is 4.32. The molecule has 3 aromatic carbocycles. The molecule has 0 aliphatic rings. The first kappa shape index (κ1) is 23.9. The van der Waals surface area contributed by atoms with Crippen molar-refractivity contribution in [2.24, 2.45) is 7.05 Å². The average molecular weight is 498 g/mol. The third-order valence-corrected chi connectivity index (χ3v) is 6.61. The third kappa shape index (κ3) is 4.95. The minimum Gasteiger partial charge on any atom is -0.308 e. The van der Waals surface area contributed by atoms with E-state index in [9.17, 15) is 19.0 Å². The van der Waals surface area contributed by atoms with E-state index >= 15 is 0 Å². The molecule has 4 aromatic rings. The van der Waals surface area contributed by atoms with Crippen molar-refractivity contribution in [1.82, 2.24) is 14.6 Å². The van der Waals surface area contributed by atoms with E-state index in [1.807, 2.05) is 29.4 Å². The van der Waals surface area contributed by atoms with E-state index < -0.39 is 13.7 Å². The highest BCUT2D eigenvalue weighted by Gasteiger charge is 2.23. The van der Waals surface area contributed by atoms with Crippen LogP contribution in [0.15, 0.2) is 71.5 Å². The van der Waals surface area contributed by atoms with Crippen LogP contribution in [0.5, 0.6) is 0 Å². The first-order valence-electron chi connectivity index (χ1n) is 10.2. The van der Waals surface area contributed by atoms with Crippen molar-refractivity contribution < 1.29 is 18.8 Å². The van der Waals surface area contributed by atoms with E-state index in [0.29, 0.717) is 33.7 Å². The summed E-state index contributed by atoms with van der Waals surface area (Å²) in [4.78, 5) is 39.4. The largest absolute Gasteiger partial charge is 0.432 e. The number of benzene rings is 3. The van der Waals surface area contributed by atoms with Gasteiger partial charge in [0.25, 0.3) is 11.5 Å². The van der Waals surface area contributed by atoms with Crippen LogP contribution in [0, 0.1) is 0 Å². The number of carbonyl (C=O) groups excluding carboxylic acids is 1. The molecule has 0 saturated carbocycles. The molecule has 1 atom stereocenters. The SMILES string of the molecule is COP(=O)(O)NC(=O)c1ccccc1Cc1ccc(-c2nc3cc(Cl)ccc3c(=O)n2C)cc1. The van der Waals surface area contributed by atoms with Crippen LogP contribution in [0.25, 0.3) is 22.3 Å². The molecule has 0 spiro atoms. The Balaban J connectivity index is 1.63. The summed E-state index contributed by atoms with van der Waals surface area (Å²) in [6.07, 6.45) is 0.409. The highest BCUT2D eigenvalue weighted by atomic mass is 35.5. The Kier molecular flexibility index (Phi) is 6.68. The van der Waals surface area contributed by atoms with Crippen molar-refractivity contribution in [1.29, 1.82) is 0 Å². The smallest absolute Gasteiger partial charge is 0.308 e. The lowest BCUT2D eigenvalue weighted by Gasteiger charge is -2.13. The summed E-state index contributed by atoms with van der Waals surface area (Å²) in [6.45, 7) is 0. The summed E-state index contributed by atoms with van der Waals surface area (Å²) in [6, 6.07) is 19.3. The molecule has 1 aromatic heterocycles. The van der Waals surface area contributed by atoms with Gasteiger partial charge in [-0.2, -0.15) is 0 Å². The zero-order valence-electron chi connectivity index (χ0n) is 18.4. The van der Waals surface area contributed by atoms with Gasteiger partial charge in [0.2, 0.25) is 0 Å². The van der Waals surface area contributed by atoms with Crippen LogP contribution in [0.2, 0.25) is 5.02 Å². The summed E-state index contributed by atoms with van der Waals surface area (Å²) >= 11 is 6.07. The molecule has 2 N–H and O–H groups in total. The summed E-state index contributed by atoms with van der Waals surface area (Å²) < 4.78 is 17.7. The highest BCUT2D eigenvalue weighted by Crippen LogP contribution is 2.35. The zero-order valence-corrected chi connectivity index (χ0v) is 20.0. The normalized spacial score (nSPS) is 12.9. The van der Waals surface area contributed by atoms with E-state index in [-0.39, 0.29) is 11.1 Å². The van der Waals surface area contributed by atoms with Crippen molar-refractivity contribution in [2.75, 3.05) is 7.11 Å². The minimum atomic E-state index is -4.21. The zero-order chi connectivity index (χ0) is 24.5. The molecule has 0 saturated heterocycles. The molecule has 1 heterocycles. The fourth-order valence-electron chi connectivity index (χ4n) is 3.62. The number of hydrogen-bond acceptors (Lipinski definition) is 5. The number of fused-ring (bicyclic) bond motifs is 1. The van der Waals surface area contributed by atoms with E-state index in [2.05, 4.69) is 9.51 Å². The number of aromatic nitrogens is 2. The van der Waals surface area contributed by atoms with Gasteiger partial charge in [0.1, 0.15) is 5.82 Å². The molecule has 8 nitrogen and oxygen atoms in total. The van der Waals surface area contributed by atoms with Crippen molar-refractivity contribution in [3.63, 3.8) is 0 Å². The minimum absolute atomic E-state index is 0.169. The van der Waals surface area contributed by atoms with Crippen molar-refractivity contribution in [3.05, 3.63) is 98.8 Å². The van der Waals surface area contributed by atoms with Crippen LogP contribution >= 0.6 is 19.3 Å². The molecular weight excluding hydrogens is 477 g/mol. The van der Waals surface area contributed by atoms with E-state index in [0.717, 1.165) is 18.2 Å². The lowest BCUT2D eigenvalue weighted by molar-refractivity contribution is 0.0968. The maximum absolute atomic E-state index is 12.8. The fraction of sp³-hybridized carbons (Fsp3) is 0.125. The molecule has 1 unspecified atom stereocenters. The van der Waals surface area contributed by atoms with Gasteiger partial charge in [-0.1, -0.05) is 54.1 Å². The number of amides is 1. The summed E-state index contributed by atoms with van der Waals surface area (Å²) in [5.41, 5.74) is 2.95.